The first-order valence-electron chi connectivity index (χ1n) is 7.67. The lowest BCUT2D eigenvalue weighted by molar-refractivity contribution is 0.0949. The number of benzene rings is 1. The molecule has 1 aliphatic heterocycles. The molecule has 2 heteroatoms. The number of rotatable bonds is 3. The molecule has 1 saturated heterocycles. The van der Waals surface area contributed by atoms with Gasteiger partial charge in [0.1, 0.15) is 0 Å². The molecule has 0 aromatic heterocycles. The Morgan fingerprint density at radius 3 is 2.63 bits per heavy atom. The van der Waals surface area contributed by atoms with E-state index in [0.717, 1.165) is 24.3 Å². The molecule has 1 heterocycles. The van der Waals surface area contributed by atoms with Gasteiger partial charge in [-0.2, -0.15) is 0 Å². The lowest BCUT2D eigenvalue weighted by Gasteiger charge is -2.24. The van der Waals surface area contributed by atoms with Crippen LogP contribution in [-0.4, -0.2) is 17.9 Å². The Morgan fingerprint density at radius 1 is 1.21 bits per heavy atom. The van der Waals surface area contributed by atoms with Gasteiger partial charge in [0.2, 0.25) is 0 Å². The predicted molar refractivity (Wildman–Crippen MR) is 77.4 cm³/mol. The second-order valence-corrected chi connectivity index (χ2v) is 6.02. The zero-order chi connectivity index (χ0) is 13.2. The van der Waals surface area contributed by atoms with Gasteiger partial charge in [-0.1, -0.05) is 44.0 Å². The summed E-state index contributed by atoms with van der Waals surface area (Å²) in [6.45, 7) is 2.14. The van der Waals surface area contributed by atoms with Gasteiger partial charge in [0, 0.05) is 11.6 Å². The Hall–Kier alpha value is -1.15. The van der Waals surface area contributed by atoms with Crippen LogP contribution in [0.5, 0.6) is 0 Å². The van der Waals surface area contributed by atoms with Crippen molar-refractivity contribution in [2.45, 2.75) is 57.5 Å². The van der Waals surface area contributed by atoms with Crippen molar-refractivity contribution < 1.29 is 4.79 Å². The van der Waals surface area contributed by atoms with E-state index < -0.39 is 0 Å². The first-order valence-corrected chi connectivity index (χ1v) is 7.67. The Bertz CT molecular complexity index is 437. The number of fused-ring (bicyclic) bond motifs is 1. The van der Waals surface area contributed by atoms with E-state index in [9.17, 15) is 4.79 Å². The van der Waals surface area contributed by atoms with E-state index in [1.54, 1.807) is 0 Å². The van der Waals surface area contributed by atoms with Crippen molar-refractivity contribution in [2.75, 3.05) is 0 Å². The fourth-order valence-electron chi connectivity index (χ4n) is 3.63. The molecule has 3 atom stereocenters. The fraction of sp³-hybridized carbons (Fsp3) is 0.588. The van der Waals surface area contributed by atoms with Crippen molar-refractivity contribution in [2.24, 2.45) is 5.92 Å². The van der Waals surface area contributed by atoms with E-state index in [0.29, 0.717) is 6.04 Å². The molecule has 0 amide bonds. The van der Waals surface area contributed by atoms with E-state index in [4.69, 9.17) is 0 Å². The Kier molecular flexibility index (Phi) is 3.69. The minimum Gasteiger partial charge on any atom is -0.304 e. The van der Waals surface area contributed by atoms with Crippen LogP contribution in [-0.2, 0) is 6.42 Å². The molecule has 0 bridgehead atoms. The second-order valence-electron chi connectivity index (χ2n) is 6.02. The highest BCUT2D eigenvalue weighted by Gasteiger charge is 2.38. The monoisotopic (exact) mass is 257 g/mol. The highest BCUT2D eigenvalue weighted by Crippen LogP contribution is 2.34. The van der Waals surface area contributed by atoms with Gasteiger partial charge in [0.25, 0.3) is 0 Å². The molecule has 0 spiro atoms. The molecule has 3 rings (SSSR count). The van der Waals surface area contributed by atoms with Gasteiger partial charge in [-0.25, -0.2) is 0 Å². The summed E-state index contributed by atoms with van der Waals surface area (Å²) < 4.78 is 0. The quantitative estimate of drug-likeness (QED) is 0.841. The van der Waals surface area contributed by atoms with Crippen molar-refractivity contribution in [1.29, 1.82) is 0 Å². The van der Waals surface area contributed by atoms with Gasteiger partial charge < -0.3 is 5.32 Å². The summed E-state index contributed by atoms with van der Waals surface area (Å²) in [7, 11) is 0. The maximum absolute atomic E-state index is 12.5. The van der Waals surface area contributed by atoms with Gasteiger partial charge >= 0.3 is 0 Å². The molecule has 1 aromatic rings. The van der Waals surface area contributed by atoms with Crippen molar-refractivity contribution in [1.82, 2.24) is 5.32 Å². The third-order valence-corrected chi connectivity index (χ3v) is 4.83. The minimum absolute atomic E-state index is 0.0561. The van der Waals surface area contributed by atoms with Gasteiger partial charge in [0.05, 0.1) is 6.04 Å². The van der Waals surface area contributed by atoms with Crippen LogP contribution < -0.4 is 5.32 Å². The van der Waals surface area contributed by atoms with Gasteiger partial charge in [-0.15, -0.1) is 0 Å². The number of hydrogen-bond acceptors (Lipinski definition) is 2. The normalized spacial score (nSPS) is 30.1. The molecule has 0 radical (unpaired) electrons. The minimum atomic E-state index is 0.0561. The van der Waals surface area contributed by atoms with E-state index in [1.807, 2.05) is 12.1 Å². The molecule has 1 N–H and O–H groups in total. The lowest BCUT2D eigenvalue weighted by Crippen LogP contribution is -2.37. The number of aryl methyl sites for hydroxylation is 1. The Morgan fingerprint density at radius 2 is 1.95 bits per heavy atom. The molecule has 3 unspecified atom stereocenters. The largest absolute Gasteiger partial charge is 0.304 e. The van der Waals surface area contributed by atoms with Gasteiger partial charge in [0.15, 0.2) is 5.78 Å². The summed E-state index contributed by atoms with van der Waals surface area (Å²) in [5.74, 6) is 1.02. The van der Waals surface area contributed by atoms with Crippen LogP contribution in [0.2, 0.25) is 0 Å². The van der Waals surface area contributed by atoms with Crippen LogP contribution in [0.3, 0.4) is 0 Å². The zero-order valence-electron chi connectivity index (χ0n) is 11.7. The SMILES string of the molecule is CCc1ccc(C(=O)C2CC3CCCCC3N2)cc1. The smallest absolute Gasteiger partial charge is 0.179 e. The number of nitrogens with one attached hydrogen (secondary N) is 1. The summed E-state index contributed by atoms with van der Waals surface area (Å²) in [5, 5.41) is 3.57. The molecule has 1 aliphatic carbocycles. The number of carbonyl (C=O) groups is 1. The molecule has 2 aliphatic rings. The van der Waals surface area contributed by atoms with E-state index in [2.05, 4.69) is 24.4 Å². The molecule has 1 saturated carbocycles. The molecular weight excluding hydrogens is 234 g/mol. The third kappa shape index (κ3) is 2.59. The maximum Gasteiger partial charge on any atom is 0.179 e. The van der Waals surface area contributed by atoms with Crippen LogP contribution in [0, 0.1) is 5.92 Å². The van der Waals surface area contributed by atoms with Crippen LogP contribution >= 0.6 is 0 Å². The molecule has 2 nitrogen and oxygen atoms in total. The zero-order valence-corrected chi connectivity index (χ0v) is 11.7. The van der Waals surface area contributed by atoms with Crippen LogP contribution in [0.1, 0.15) is 54.9 Å². The average molecular weight is 257 g/mol. The maximum atomic E-state index is 12.5. The summed E-state index contributed by atoms with van der Waals surface area (Å²) in [5.41, 5.74) is 2.16. The summed E-state index contributed by atoms with van der Waals surface area (Å²) >= 11 is 0. The van der Waals surface area contributed by atoms with E-state index in [-0.39, 0.29) is 11.8 Å². The number of carbonyl (C=O) groups excluding carboxylic acids is 1. The van der Waals surface area contributed by atoms with Crippen LogP contribution in [0.25, 0.3) is 0 Å². The second kappa shape index (κ2) is 5.46. The predicted octanol–water partition coefficient (Wildman–Crippen LogP) is 3.35. The highest BCUT2D eigenvalue weighted by atomic mass is 16.1. The van der Waals surface area contributed by atoms with Crippen molar-refractivity contribution >= 4 is 5.78 Å². The number of Topliss-reactive ketones (excluding diaryl/α,β-unsaturated/α-hetero) is 1. The first-order chi connectivity index (χ1) is 9.28. The fourth-order valence-corrected chi connectivity index (χ4v) is 3.63. The van der Waals surface area contributed by atoms with Crippen LogP contribution in [0.15, 0.2) is 24.3 Å². The summed E-state index contributed by atoms with van der Waals surface area (Å²) in [6.07, 6.45) is 7.29. The molecule has 102 valence electrons. The highest BCUT2D eigenvalue weighted by molar-refractivity contribution is 6.00. The topological polar surface area (TPSA) is 29.1 Å². The summed E-state index contributed by atoms with van der Waals surface area (Å²) in [4.78, 5) is 12.5. The van der Waals surface area contributed by atoms with Gasteiger partial charge in [-0.05, 0) is 37.2 Å². The number of hydrogen-bond donors (Lipinski definition) is 1. The van der Waals surface area contributed by atoms with Crippen molar-refractivity contribution in [3.8, 4) is 0 Å². The van der Waals surface area contributed by atoms with Crippen LogP contribution in [0.4, 0.5) is 0 Å². The van der Waals surface area contributed by atoms with Crippen molar-refractivity contribution in [3.05, 3.63) is 35.4 Å². The third-order valence-electron chi connectivity index (χ3n) is 4.83. The average Bonchev–Trinajstić information content (AvgIpc) is 2.90. The molecule has 1 aromatic carbocycles. The first kappa shape index (κ1) is 12.9. The Labute approximate surface area is 115 Å². The standard InChI is InChI=1S/C17H23NO/c1-2-12-7-9-13(10-8-12)17(19)16-11-14-5-3-4-6-15(14)18-16/h7-10,14-16,18H,2-6,11H2,1H3. The van der Waals surface area contributed by atoms with E-state index >= 15 is 0 Å². The molecule has 2 fully saturated rings. The molecular formula is C17H23NO. The van der Waals surface area contributed by atoms with Crippen molar-refractivity contribution in [3.63, 3.8) is 0 Å². The Balaban J connectivity index is 1.70. The molecule has 19 heavy (non-hydrogen) atoms. The summed E-state index contributed by atoms with van der Waals surface area (Å²) in [6, 6.07) is 8.79. The van der Waals surface area contributed by atoms with Gasteiger partial charge in [-0.3, -0.25) is 4.79 Å². The van der Waals surface area contributed by atoms with E-state index in [1.165, 1.54) is 31.2 Å². The number of ketones is 1. The lowest BCUT2D eigenvalue weighted by atomic mass is 9.84.